The van der Waals surface area contributed by atoms with Crippen molar-refractivity contribution in [3.05, 3.63) is 96.1 Å². The van der Waals surface area contributed by atoms with Crippen LogP contribution >= 0.6 is 0 Å². The fourth-order valence-electron chi connectivity index (χ4n) is 5.94. The Labute approximate surface area is 247 Å². The molecule has 0 bridgehead atoms. The summed E-state index contributed by atoms with van der Waals surface area (Å²) >= 11 is 0. The maximum Gasteiger partial charge on any atom is 0.205 e. The van der Waals surface area contributed by atoms with E-state index in [1.54, 1.807) is 0 Å². The van der Waals surface area contributed by atoms with E-state index in [1.165, 1.54) is 12.8 Å². The molecule has 2 aromatic heterocycles. The molecular weight excluding hydrogens is 520 g/mol. The molecular formula is C35H38N6O. The number of ketones is 1. The third-order valence-corrected chi connectivity index (χ3v) is 8.56. The van der Waals surface area contributed by atoms with Crippen molar-refractivity contribution in [1.82, 2.24) is 30.2 Å². The number of carbonyl (C=O) groups excluding carboxylic acids is 1. The van der Waals surface area contributed by atoms with Crippen LogP contribution in [0.5, 0.6) is 0 Å². The number of aromatic amines is 1. The molecule has 214 valence electrons. The Morgan fingerprint density at radius 3 is 2.43 bits per heavy atom. The van der Waals surface area contributed by atoms with Crippen LogP contribution in [0.3, 0.4) is 0 Å². The van der Waals surface area contributed by atoms with Gasteiger partial charge >= 0.3 is 0 Å². The van der Waals surface area contributed by atoms with Crippen LogP contribution in [0.25, 0.3) is 33.6 Å². The first-order valence-corrected chi connectivity index (χ1v) is 15.2. The van der Waals surface area contributed by atoms with Crippen LogP contribution in [-0.2, 0) is 13.0 Å². The lowest BCUT2D eigenvalue weighted by Gasteiger charge is -2.16. The number of H-pyrrole nitrogens is 1. The highest BCUT2D eigenvalue weighted by molar-refractivity contribution is 5.94. The van der Waals surface area contributed by atoms with Gasteiger partial charge in [-0.05, 0) is 76.3 Å². The van der Waals surface area contributed by atoms with Gasteiger partial charge in [0.05, 0.1) is 6.20 Å². The van der Waals surface area contributed by atoms with Gasteiger partial charge in [0.1, 0.15) is 11.5 Å². The summed E-state index contributed by atoms with van der Waals surface area (Å²) in [5, 5.41) is 14.9. The molecule has 3 aromatic carbocycles. The van der Waals surface area contributed by atoms with Crippen molar-refractivity contribution < 1.29 is 4.79 Å². The van der Waals surface area contributed by atoms with Crippen molar-refractivity contribution in [1.29, 1.82) is 0 Å². The number of Topliss-reactive ketones (excluding diaryl/α,β-unsaturated/α-hetero) is 1. The molecule has 1 aliphatic carbocycles. The standard InChI is InChI=1S/C35H38N6O/c1-3-5-11-34-36-22-32(33(42)21-25(4-2)27-16-17-27)41(34)23-24-12-14-28(15-13-24)31-20-29(26-9-7-6-8-10-26)18-19-30(31)35-37-39-40-38-35/h6-10,12-15,18-20,22,25,27H,3-5,11,16-17,21,23H2,1-2H3,(H,37,38,39,40)/t25-/m1/s1. The van der Waals surface area contributed by atoms with Gasteiger partial charge in [0.15, 0.2) is 5.78 Å². The normalized spacial score (nSPS) is 13.8. The minimum Gasteiger partial charge on any atom is -0.321 e. The van der Waals surface area contributed by atoms with Crippen LogP contribution in [0, 0.1) is 11.8 Å². The first-order valence-electron chi connectivity index (χ1n) is 15.2. The molecule has 0 aliphatic heterocycles. The van der Waals surface area contributed by atoms with Crippen LogP contribution < -0.4 is 0 Å². The number of aromatic nitrogens is 6. The topological polar surface area (TPSA) is 89.4 Å². The number of imidazole rings is 1. The number of hydrogen-bond acceptors (Lipinski definition) is 5. The minimum absolute atomic E-state index is 0.225. The molecule has 1 saturated carbocycles. The van der Waals surface area contributed by atoms with Gasteiger partial charge in [0.2, 0.25) is 5.82 Å². The Balaban J connectivity index is 1.30. The largest absolute Gasteiger partial charge is 0.321 e. The van der Waals surface area contributed by atoms with Crippen molar-refractivity contribution in [3.63, 3.8) is 0 Å². The van der Waals surface area contributed by atoms with Gasteiger partial charge < -0.3 is 4.57 Å². The third-order valence-electron chi connectivity index (χ3n) is 8.56. The minimum atomic E-state index is 0.225. The summed E-state index contributed by atoms with van der Waals surface area (Å²) < 4.78 is 2.16. The molecule has 0 unspecified atom stereocenters. The highest BCUT2D eigenvalue weighted by atomic mass is 16.1. The number of benzene rings is 3. The first-order chi connectivity index (χ1) is 20.6. The molecule has 42 heavy (non-hydrogen) atoms. The number of rotatable bonds is 13. The number of unbranched alkanes of at least 4 members (excludes halogenated alkanes) is 1. The molecule has 0 amide bonds. The lowest BCUT2D eigenvalue weighted by Crippen LogP contribution is -2.16. The maximum atomic E-state index is 13.5. The van der Waals surface area contributed by atoms with Crippen LogP contribution in [0.4, 0.5) is 0 Å². The Kier molecular flexibility index (Phi) is 8.35. The molecule has 7 nitrogen and oxygen atoms in total. The van der Waals surface area contributed by atoms with E-state index in [4.69, 9.17) is 4.98 Å². The number of carbonyl (C=O) groups is 1. The molecule has 2 heterocycles. The zero-order chi connectivity index (χ0) is 28.9. The number of nitrogens with zero attached hydrogens (tertiary/aromatic N) is 5. The predicted molar refractivity (Wildman–Crippen MR) is 166 cm³/mol. The van der Waals surface area contributed by atoms with Gasteiger partial charge in [0.25, 0.3) is 0 Å². The average molecular weight is 559 g/mol. The number of hydrogen-bond donors (Lipinski definition) is 1. The number of aryl methyl sites for hydroxylation is 1. The molecule has 1 atom stereocenters. The van der Waals surface area contributed by atoms with Crippen molar-refractivity contribution in [2.75, 3.05) is 0 Å². The van der Waals surface area contributed by atoms with E-state index in [0.717, 1.165) is 76.5 Å². The lowest BCUT2D eigenvalue weighted by molar-refractivity contribution is 0.0945. The monoisotopic (exact) mass is 558 g/mol. The summed E-state index contributed by atoms with van der Waals surface area (Å²) in [5.74, 6) is 2.99. The van der Waals surface area contributed by atoms with Gasteiger partial charge in [-0.1, -0.05) is 87.4 Å². The Bertz CT molecular complexity index is 1620. The number of nitrogens with one attached hydrogen (secondary N) is 1. The summed E-state index contributed by atoms with van der Waals surface area (Å²) in [4.78, 5) is 18.2. The zero-order valence-corrected chi connectivity index (χ0v) is 24.5. The Morgan fingerprint density at radius 1 is 0.952 bits per heavy atom. The molecule has 0 radical (unpaired) electrons. The quantitative estimate of drug-likeness (QED) is 0.149. The summed E-state index contributed by atoms with van der Waals surface area (Å²) in [6.45, 7) is 5.03. The van der Waals surface area contributed by atoms with Gasteiger partial charge in [-0.25, -0.2) is 4.98 Å². The van der Waals surface area contributed by atoms with Gasteiger partial charge in [-0.3, -0.25) is 4.79 Å². The smallest absolute Gasteiger partial charge is 0.205 e. The highest BCUT2D eigenvalue weighted by Crippen LogP contribution is 2.41. The van der Waals surface area contributed by atoms with Crippen LogP contribution in [0.2, 0.25) is 0 Å². The van der Waals surface area contributed by atoms with Gasteiger partial charge in [-0.15, -0.1) is 10.2 Å². The van der Waals surface area contributed by atoms with Crippen LogP contribution in [0.15, 0.2) is 79.0 Å². The average Bonchev–Trinajstić information content (AvgIpc) is 3.58. The highest BCUT2D eigenvalue weighted by Gasteiger charge is 2.32. The summed E-state index contributed by atoms with van der Waals surface area (Å²) in [6, 6.07) is 25.3. The van der Waals surface area contributed by atoms with Crippen molar-refractivity contribution >= 4 is 5.78 Å². The van der Waals surface area contributed by atoms with E-state index >= 15 is 0 Å². The van der Waals surface area contributed by atoms with E-state index in [1.807, 2.05) is 12.3 Å². The maximum absolute atomic E-state index is 13.5. The van der Waals surface area contributed by atoms with E-state index in [-0.39, 0.29) is 5.78 Å². The van der Waals surface area contributed by atoms with E-state index in [0.29, 0.717) is 24.7 Å². The first kappa shape index (κ1) is 27.8. The second kappa shape index (κ2) is 12.6. The van der Waals surface area contributed by atoms with Crippen molar-refractivity contribution in [2.45, 2.75) is 65.3 Å². The summed E-state index contributed by atoms with van der Waals surface area (Å²) in [5.41, 5.74) is 7.19. The van der Waals surface area contributed by atoms with Gasteiger partial charge in [0, 0.05) is 24.9 Å². The molecule has 1 N–H and O–H groups in total. The van der Waals surface area contributed by atoms with E-state index < -0.39 is 0 Å². The van der Waals surface area contributed by atoms with E-state index in [9.17, 15) is 4.79 Å². The Morgan fingerprint density at radius 2 is 1.74 bits per heavy atom. The summed E-state index contributed by atoms with van der Waals surface area (Å²) in [7, 11) is 0. The molecule has 0 spiro atoms. The van der Waals surface area contributed by atoms with Crippen LogP contribution in [0.1, 0.15) is 74.2 Å². The molecule has 6 rings (SSSR count). The molecule has 5 aromatic rings. The second-order valence-corrected chi connectivity index (χ2v) is 11.4. The Hall–Kier alpha value is -4.39. The lowest BCUT2D eigenvalue weighted by atomic mass is 9.93. The summed E-state index contributed by atoms with van der Waals surface area (Å²) in [6.07, 6.45) is 9.05. The van der Waals surface area contributed by atoms with Crippen LogP contribution in [-0.4, -0.2) is 36.0 Å². The zero-order valence-electron chi connectivity index (χ0n) is 24.5. The molecule has 1 fully saturated rings. The fraction of sp³-hybridized carbons (Fsp3) is 0.343. The van der Waals surface area contributed by atoms with Crippen molar-refractivity contribution in [3.8, 4) is 33.6 Å². The van der Waals surface area contributed by atoms with Gasteiger partial charge in [-0.2, -0.15) is 5.21 Å². The van der Waals surface area contributed by atoms with Crippen molar-refractivity contribution in [2.24, 2.45) is 11.8 Å². The predicted octanol–water partition coefficient (Wildman–Crippen LogP) is 7.80. The molecule has 7 heteroatoms. The fourth-order valence-corrected chi connectivity index (χ4v) is 5.94. The molecule has 0 saturated heterocycles. The molecule has 1 aliphatic rings. The van der Waals surface area contributed by atoms with E-state index in [2.05, 4.69) is 106 Å². The number of tetrazole rings is 1. The SMILES string of the molecule is CCCCc1ncc(C(=O)C[C@@H](CC)C2CC2)n1Cc1ccc(-c2cc(-c3ccccc3)ccc2-c2nn[nH]n2)cc1. The third kappa shape index (κ3) is 6.10. The second-order valence-electron chi connectivity index (χ2n) is 11.4.